The zero-order valence-electron chi connectivity index (χ0n) is 9.38. The summed E-state index contributed by atoms with van der Waals surface area (Å²) >= 11 is 0. The number of nitrogens with one attached hydrogen (secondary N) is 1. The fourth-order valence-electron chi connectivity index (χ4n) is 1.16. The Morgan fingerprint density at radius 1 is 1.47 bits per heavy atom. The lowest BCUT2D eigenvalue weighted by atomic mass is 10.2. The van der Waals surface area contributed by atoms with Gasteiger partial charge in [-0.1, -0.05) is 12.1 Å². The van der Waals surface area contributed by atoms with Crippen LogP contribution in [0.5, 0.6) is 0 Å². The molecule has 0 saturated carbocycles. The first-order valence-electron chi connectivity index (χ1n) is 5.06. The number of amides is 1. The average Bonchev–Trinajstić information content (AvgIpc) is 2.26. The third-order valence-electron chi connectivity index (χ3n) is 2.07. The number of hydrogen-bond acceptors (Lipinski definition) is 3. The normalized spacial score (nSPS) is 12.3. The Bertz CT molecular complexity index is 455. The Morgan fingerprint density at radius 2 is 2.18 bits per heavy atom. The molecular weight excluding hydrogens is 220 g/mol. The Morgan fingerprint density at radius 3 is 2.76 bits per heavy atom. The fraction of sp³-hybridized carbons (Fsp3) is 0.167. The first-order valence-corrected chi connectivity index (χ1v) is 5.06. The summed E-state index contributed by atoms with van der Waals surface area (Å²) in [6, 6.07) is 6.11. The van der Waals surface area contributed by atoms with Gasteiger partial charge < -0.3 is 16.2 Å². The number of carbonyl (C=O) groups is 2. The van der Waals surface area contributed by atoms with Crippen LogP contribution in [0.2, 0.25) is 0 Å². The quantitative estimate of drug-likeness (QED) is 0.532. The van der Waals surface area contributed by atoms with Gasteiger partial charge in [-0.2, -0.15) is 0 Å². The van der Waals surface area contributed by atoms with E-state index in [1.807, 2.05) is 0 Å². The highest BCUT2D eigenvalue weighted by molar-refractivity contribution is 5.94. The number of hydrogen-bond donors (Lipinski definition) is 3. The second-order valence-corrected chi connectivity index (χ2v) is 3.57. The lowest BCUT2D eigenvalue weighted by Crippen LogP contribution is -2.37. The number of rotatable bonds is 4. The number of benzene rings is 1. The number of nitrogens with two attached hydrogens (primary N) is 1. The minimum atomic E-state index is -1.07. The molecule has 17 heavy (non-hydrogen) atoms. The largest absolute Gasteiger partial charge is 0.480 e. The zero-order chi connectivity index (χ0) is 12.8. The van der Waals surface area contributed by atoms with Crippen LogP contribution in [0.4, 0.5) is 5.69 Å². The maximum absolute atomic E-state index is 11.3. The van der Waals surface area contributed by atoms with Crippen molar-refractivity contribution in [2.24, 2.45) is 0 Å². The highest BCUT2D eigenvalue weighted by atomic mass is 16.4. The van der Waals surface area contributed by atoms with Gasteiger partial charge in [0.05, 0.1) is 0 Å². The number of carbonyl (C=O) groups excluding carboxylic acids is 1. The molecule has 90 valence electrons. The van der Waals surface area contributed by atoms with E-state index >= 15 is 0 Å². The maximum atomic E-state index is 11.3. The standard InChI is InChI=1S/C12H14N2O3/c1-8(12(16)17)14-11(15)6-5-9-3-2-4-10(13)7-9/h2-8H,13H2,1H3,(H,14,15)(H,16,17)/b6-5+/t8-/m0/s1. The average molecular weight is 234 g/mol. The first-order chi connectivity index (χ1) is 7.99. The van der Waals surface area contributed by atoms with E-state index < -0.39 is 17.9 Å². The Balaban J connectivity index is 2.59. The lowest BCUT2D eigenvalue weighted by molar-refractivity contribution is -0.140. The molecule has 0 aliphatic carbocycles. The summed E-state index contributed by atoms with van der Waals surface area (Å²) in [7, 11) is 0. The van der Waals surface area contributed by atoms with Gasteiger partial charge in [0.2, 0.25) is 5.91 Å². The summed E-state index contributed by atoms with van der Waals surface area (Å²) in [5.74, 6) is -1.53. The van der Waals surface area contributed by atoms with Gasteiger partial charge in [-0.15, -0.1) is 0 Å². The van der Waals surface area contributed by atoms with Crippen molar-refractivity contribution in [3.05, 3.63) is 35.9 Å². The molecule has 0 heterocycles. The molecule has 5 nitrogen and oxygen atoms in total. The SMILES string of the molecule is C[C@H](NC(=O)/C=C/c1cccc(N)c1)C(=O)O. The summed E-state index contributed by atoms with van der Waals surface area (Å²) in [4.78, 5) is 21.8. The van der Waals surface area contributed by atoms with Crippen molar-refractivity contribution < 1.29 is 14.7 Å². The highest BCUT2D eigenvalue weighted by Crippen LogP contribution is 2.07. The van der Waals surface area contributed by atoms with Crippen molar-refractivity contribution in [3.8, 4) is 0 Å². The number of carboxylic acid groups (broad SMARTS) is 1. The Hall–Kier alpha value is -2.30. The second-order valence-electron chi connectivity index (χ2n) is 3.57. The third-order valence-corrected chi connectivity index (χ3v) is 2.07. The van der Waals surface area contributed by atoms with Crippen LogP contribution in [0.25, 0.3) is 6.08 Å². The van der Waals surface area contributed by atoms with Gasteiger partial charge >= 0.3 is 5.97 Å². The number of anilines is 1. The van der Waals surface area contributed by atoms with Crippen LogP contribution < -0.4 is 11.1 Å². The van der Waals surface area contributed by atoms with Crippen molar-refractivity contribution in [3.63, 3.8) is 0 Å². The van der Waals surface area contributed by atoms with Crippen LogP contribution in [0.1, 0.15) is 12.5 Å². The third kappa shape index (κ3) is 4.38. The molecule has 1 aromatic carbocycles. The Labute approximate surface area is 98.9 Å². The van der Waals surface area contributed by atoms with E-state index in [1.165, 1.54) is 13.0 Å². The van der Waals surface area contributed by atoms with E-state index in [9.17, 15) is 9.59 Å². The van der Waals surface area contributed by atoms with E-state index in [1.54, 1.807) is 30.3 Å². The molecule has 0 fully saturated rings. The molecule has 0 aromatic heterocycles. The van der Waals surface area contributed by atoms with Crippen LogP contribution in [0.15, 0.2) is 30.3 Å². The van der Waals surface area contributed by atoms with E-state index in [0.29, 0.717) is 5.69 Å². The predicted octanol–water partition coefficient (Wildman–Crippen LogP) is 0.871. The number of nitrogen functional groups attached to an aromatic ring is 1. The van der Waals surface area contributed by atoms with E-state index in [-0.39, 0.29) is 0 Å². The maximum Gasteiger partial charge on any atom is 0.325 e. The second kappa shape index (κ2) is 5.69. The molecule has 0 unspecified atom stereocenters. The molecule has 0 radical (unpaired) electrons. The molecule has 1 rings (SSSR count). The van der Waals surface area contributed by atoms with Crippen LogP contribution in [-0.4, -0.2) is 23.0 Å². The molecule has 0 aliphatic heterocycles. The minimum absolute atomic E-state index is 0.456. The van der Waals surface area contributed by atoms with Gasteiger partial charge in [-0.25, -0.2) is 0 Å². The molecule has 1 aromatic rings. The molecule has 1 amide bonds. The molecule has 1 atom stereocenters. The molecule has 0 aliphatic rings. The van der Waals surface area contributed by atoms with E-state index in [4.69, 9.17) is 10.8 Å². The first kappa shape index (κ1) is 12.8. The summed E-state index contributed by atoms with van der Waals surface area (Å²) in [6.07, 6.45) is 2.84. The number of carboxylic acids is 1. The van der Waals surface area contributed by atoms with E-state index in [0.717, 1.165) is 5.56 Å². The highest BCUT2D eigenvalue weighted by Gasteiger charge is 2.11. The van der Waals surface area contributed by atoms with Crippen molar-refractivity contribution >= 4 is 23.6 Å². The van der Waals surface area contributed by atoms with Crippen molar-refractivity contribution in [1.82, 2.24) is 5.32 Å². The van der Waals surface area contributed by atoms with Crippen molar-refractivity contribution in [2.75, 3.05) is 5.73 Å². The molecule has 0 bridgehead atoms. The molecular formula is C12H14N2O3. The van der Waals surface area contributed by atoms with Crippen LogP contribution >= 0.6 is 0 Å². The molecule has 4 N–H and O–H groups in total. The lowest BCUT2D eigenvalue weighted by Gasteiger charge is -2.05. The van der Waals surface area contributed by atoms with E-state index in [2.05, 4.69) is 5.32 Å². The van der Waals surface area contributed by atoms with Gasteiger partial charge in [0, 0.05) is 11.8 Å². The smallest absolute Gasteiger partial charge is 0.325 e. The van der Waals surface area contributed by atoms with Gasteiger partial charge in [0.1, 0.15) is 6.04 Å². The predicted molar refractivity (Wildman–Crippen MR) is 65.1 cm³/mol. The van der Waals surface area contributed by atoms with Crippen molar-refractivity contribution in [2.45, 2.75) is 13.0 Å². The summed E-state index contributed by atoms with van der Waals surface area (Å²) in [6.45, 7) is 1.40. The minimum Gasteiger partial charge on any atom is -0.480 e. The van der Waals surface area contributed by atoms with Gasteiger partial charge in [0.15, 0.2) is 0 Å². The topological polar surface area (TPSA) is 92.4 Å². The van der Waals surface area contributed by atoms with Crippen LogP contribution in [0.3, 0.4) is 0 Å². The van der Waals surface area contributed by atoms with Crippen LogP contribution in [0, 0.1) is 0 Å². The molecule has 0 saturated heterocycles. The summed E-state index contributed by atoms with van der Waals surface area (Å²) < 4.78 is 0. The summed E-state index contributed by atoms with van der Waals surface area (Å²) in [5, 5.41) is 10.9. The molecule has 0 spiro atoms. The Kier molecular flexibility index (Phi) is 4.28. The van der Waals surface area contributed by atoms with Gasteiger partial charge in [0.25, 0.3) is 0 Å². The van der Waals surface area contributed by atoms with Gasteiger partial charge in [-0.3, -0.25) is 9.59 Å². The van der Waals surface area contributed by atoms with Crippen LogP contribution in [-0.2, 0) is 9.59 Å². The monoisotopic (exact) mass is 234 g/mol. The summed E-state index contributed by atoms with van der Waals surface area (Å²) in [5.41, 5.74) is 6.96. The zero-order valence-corrected chi connectivity index (χ0v) is 9.38. The number of aliphatic carboxylic acids is 1. The molecule has 5 heteroatoms. The van der Waals surface area contributed by atoms with Gasteiger partial charge in [-0.05, 0) is 30.7 Å². The van der Waals surface area contributed by atoms with Crippen molar-refractivity contribution in [1.29, 1.82) is 0 Å². The fourth-order valence-corrected chi connectivity index (χ4v) is 1.16.